The van der Waals surface area contributed by atoms with Crippen LogP contribution in [0.4, 0.5) is 0 Å². The number of thioether (sulfide) groups is 1. The van der Waals surface area contributed by atoms with Crippen LogP contribution in [0.1, 0.15) is 12.5 Å². The molecule has 0 radical (unpaired) electrons. The van der Waals surface area contributed by atoms with Gasteiger partial charge < -0.3 is 9.72 Å². The molecule has 6 heteroatoms. The average Bonchev–Trinajstić information content (AvgIpc) is 2.99. The van der Waals surface area contributed by atoms with Crippen LogP contribution in [-0.2, 0) is 16.0 Å². The van der Waals surface area contributed by atoms with Gasteiger partial charge in [-0.05, 0) is 43.2 Å². The average molecular weight is 405 g/mol. The number of carbonyl (C=O) groups is 1. The number of para-hydroxylation sites is 2. The number of hydrogen-bond donors (Lipinski definition) is 1. The first-order valence-electron chi connectivity index (χ1n) is 7.68. The summed E-state index contributed by atoms with van der Waals surface area (Å²) in [5, 5.41) is 0.387. The molecule has 0 saturated heterocycles. The molecule has 0 amide bonds. The largest absolute Gasteiger partial charge is 0.465 e. The standard InChI is InChI=1S/C18H17BrN2O2S/c1-2-23-17(22)16(11-12-7-9-13(19)10-8-12)24-18-20-14-5-3-4-6-15(14)21-18/h3-10,16H,2,11H2,1H3,(H,20,21). The van der Waals surface area contributed by atoms with E-state index in [0.29, 0.717) is 13.0 Å². The maximum absolute atomic E-state index is 12.3. The summed E-state index contributed by atoms with van der Waals surface area (Å²) in [7, 11) is 0. The van der Waals surface area contributed by atoms with E-state index in [4.69, 9.17) is 4.74 Å². The molecule has 24 heavy (non-hydrogen) atoms. The lowest BCUT2D eigenvalue weighted by molar-refractivity contribution is -0.142. The highest BCUT2D eigenvalue weighted by Gasteiger charge is 2.23. The number of carbonyl (C=O) groups excluding carboxylic acids is 1. The van der Waals surface area contributed by atoms with E-state index in [9.17, 15) is 4.79 Å². The number of halogens is 1. The van der Waals surface area contributed by atoms with E-state index in [2.05, 4.69) is 25.9 Å². The third kappa shape index (κ3) is 4.19. The number of H-pyrrole nitrogens is 1. The fraction of sp³-hybridized carbons (Fsp3) is 0.222. The molecule has 0 aliphatic heterocycles. The van der Waals surface area contributed by atoms with Gasteiger partial charge in [-0.2, -0.15) is 0 Å². The van der Waals surface area contributed by atoms with Crippen LogP contribution in [0.3, 0.4) is 0 Å². The van der Waals surface area contributed by atoms with Crippen molar-refractivity contribution in [3.8, 4) is 0 Å². The van der Waals surface area contributed by atoms with Gasteiger partial charge in [0.2, 0.25) is 0 Å². The minimum absolute atomic E-state index is 0.217. The number of esters is 1. The van der Waals surface area contributed by atoms with Crippen LogP contribution >= 0.6 is 27.7 Å². The number of imidazole rings is 1. The summed E-state index contributed by atoms with van der Waals surface area (Å²) in [6, 6.07) is 15.8. The Morgan fingerprint density at radius 1 is 1.25 bits per heavy atom. The molecule has 0 bridgehead atoms. The highest BCUT2D eigenvalue weighted by molar-refractivity contribution is 9.10. The number of aromatic amines is 1. The summed E-state index contributed by atoms with van der Waals surface area (Å²) in [5.74, 6) is -0.217. The predicted octanol–water partition coefficient (Wildman–Crippen LogP) is 4.59. The van der Waals surface area contributed by atoms with E-state index in [-0.39, 0.29) is 11.2 Å². The van der Waals surface area contributed by atoms with Gasteiger partial charge in [-0.25, -0.2) is 4.98 Å². The van der Waals surface area contributed by atoms with E-state index in [1.165, 1.54) is 11.8 Å². The molecule has 1 unspecified atom stereocenters. The third-order valence-corrected chi connectivity index (χ3v) is 5.09. The quantitative estimate of drug-likeness (QED) is 0.481. The smallest absolute Gasteiger partial charge is 0.319 e. The van der Waals surface area contributed by atoms with Crippen molar-refractivity contribution in [3.05, 3.63) is 58.6 Å². The van der Waals surface area contributed by atoms with E-state index >= 15 is 0 Å². The molecule has 2 aromatic carbocycles. The Bertz CT molecular complexity index is 799. The lowest BCUT2D eigenvalue weighted by Crippen LogP contribution is -2.23. The normalized spacial score (nSPS) is 12.2. The predicted molar refractivity (Wildman–Crippen MR) is 100 cm³/mol. The second-order valence-electron chi connectivity index (χ2n) is 5.25. The van der Waals surface area contributed by atoms with Crippen LogP contribution in [0.15, 0.2) is 58.2 Å². The molecule has 1 atom stereocenters. The van der Waals surface area contributed by atoms with Crippen LogP contribution in [0.25, 0.3) is 11.0 Å². The topological polar surface area (TPSA) is 55.0 Å². The van der Waals surface area contributed by atoms with E-state index < -0.39 is 0 Å². The summed E-state index contributed by atoms with van der Waals surface area (Å²) in [5.41, 5.74) is 2.94. The summed E-state index contributed by atoms with van der Waals surface area (Å²) < 4.78 is 6.25. The number of nitrogens with zero attached hydrogens (tertiary/aromatic N) is 1. The Morgan fingerprint density at radius 2 is 2.00 bits per heavy atom. The number of hydrogen-bond acceptors (Lipinski definition) is 4. The van der Waals surface area contributed by atoms with Crippen molar-refractivity contribution in [1.82, 2.24) is 9.97 Å². The van der Waals surface area contributed by atoms with E-state index in [1.807, 2.05) is 55.5 Å². The number of ether oxygens (including phenoxy) is 1. The van der Waals surface area contributed by atoms with Crippen molar-refractivity contribution >= 4 is 44.7 Å². The third-order valence-electron chi connectivity index (χ3n) is 3.51. The molecule has 0 aliphatic rings. The van der Waals surface area contributed by atoms with Gasteiger partial charge in [0.15, 0.2) is 5.16 Å². The maximum Gasteiger partial charge on any atom is 0.319 e. The highest BCUT2D eigenvalue weighted by atomic mass is 79.9. The molecule has 0 saturated carbocycles. The van der Waals surface area contributed by atoms with Crippen LogP contribution in [0, 0.1) is 0 Å². The highest BCUT2D eigenvalue weighted by Crippen LogP contribution is 2.27. The van der Waals surface area contributed by atoms with Crippen LogP contribution in [0.5, 0.6) is 0 Å². The van der Waals surface area contributed by atoms with Crippen molar-refractivity contribution < 1.29 is 9.53 Å². The molecule has 124 valence electrons. The molecule has 4 nitrogen and oxygen atoms in total. The lowest BCUT2D eigenvalue weighted by Gasteiger charge is -2.14. The van der Waals surface area contributed by atoms with Crippen molar-refractivity contribution in [3.63, 3.8) is 0 Å². The molecule has 1 heterocycles. The molecule has 3 rings (SSSR count). The van der Waals surface area contributed by atoms with Crippen molar-refractivity contribution in [2.24, 2.45) is 0 Å². The number of aromatic nitrogens is 2. The number of nitrogens with one attached hydrogen (secondary N) is 1. The van der Waals surface area contributed by atoms with E-state index in [0.717, 1.165) is 26.2 Å². The lowest BCUT2D eigenvalue weighted by atomic mass is 10.1. The van der Waals surface area contributed by atoms with Gasteiger partial charge in [-0.1, -0.05) is 52.0 Å². The van der Waals surface area contributed by atoms with Crippen LogP contribution in [0.2, 0.25) is 0 Å². The Balaban J connectivity index is 1.81. The summed E-state index contributed by atoms with van der Waals surface area (Å²) >= 11 is 4.84. The molecule has 1 N–H and O–H groups in total. The minimum atomic E-state index is -0.341. The number of rotatable bonds is 6. The second-order valence-corrected chi connectivity index (χ2v) is 7.36. The fourth-order valence-corrected chi connectivity index (χ4v) is 3.66. The summed E-state index contributed by atoms with van der Waals surface area (Å²) in [6.45, 7) is 2.19. The Kier molecular flexibility index (Phi) is 5.58. The van der Waals surface area contributed by atoms with Gasteiger partial charge in [0.25, 0.3) is 0 Å². The zero-order valence-corrected chi connectivity index (χ0v) is 15.6. The molecule has 0 aliphatic carbocycles. The zero-order valence-electron chi connectivity index (χ0n) is 13.2. The second kappa shape index (κ2) is 7.85. The fourth-order valence-electron chi connectivity index (χ4n) is 2.36. The Morgan fingerprint density at radius 3 is 2.71 bits per heavy atom. The molecule has 0 spiro atoms. The van der Waals surface area contributed by atoms with Gasteiger partial charge in [0.05, 0.1) is 17.6 Å². The van der Waals surface area contributed by atoms with Crippen molar-refractivity contribution in [2.45, 2.75) is 23.8 Å². The SMILES string of the molecule is CCOC(=O)C(Cc1ccc(Br)cc1)Sc1nc2ccccc2[nH]1. The molecule has 3 aromatic rings. The summed E-state index contributed by atoms with van der Waals surface area (Å²) in [4.78, 5) is 20.1. The zero-order chi connectivity index (χ0) is 16.9. The monoisotopic (exact) mass is 404 g/mol. The van der Waals surface area contributed by atoms with Crippen molar-refractivity contribution in [2.75, 3.05) is 6.61 Å². The van der Waals surface area contributed by atoms with Gasteiger partial charge >= 0.3 is 5.97 Å². The molecular formula is C18H17BrN2O2S. The molecule has 0 fully saturated rings. The minimum Gasteiger partial charge on any atom is -0.465 e. The number of benzene rings is 2. The Hall–Kier alpha value is -1.79. The first kappa shape index (κ1) is 17.0. The Labute approximate surface area is 153 Å². The van der Waals surface area contributed by atoms with Gasteiger partial charge in [0.1, 0.15) is 5.25 Å². The van der Waals surface area contributed by atoms with Crippen molar-refractivity contribution in [1.29, 1.82) is 0 Å². The first-order chi connectivity index (χ1) is 11.7. The first-order valence-corrected chi connectivity index (χ1v) is 9.35. The van der Waals surface area contributed by atoms with Gasteiger partial charge in [-0.15, -0.1) is 0 Å². The summed E-state index contributed by atoms with van der Waals surface area (Å²) in [6.07, 6.45) is 0.591. The van der Waals surface area contributed by atoms with E-state index in [1.54, 1.807) is 0 Å². The van der Waals surface area contributed by atoms with Crippen LogP contribution < -0.4 is 0 Å². The maximum atomic E-state index is 12.3. The van der Waals surface area contributed by atoms with Crippen LogP contribution in [-0.4, -0.2) is 27.8 Å². The molecular weight excluding hydrogens is 388 g/mol. The number of fused-ring (bicyclic) bond motifs is 1. The van der Waals surface area contributed by atoms with Gasteiger partial charge in [0, 0.05) is 4.47 Å². The van der Waals surface area contributed by atoms with Gasteiger partial charge in [-0.3, -0.25) is 4.79 Å². The molecule has 1 aromatic heterocycles.